The molecule has 0 fully saturated rings. The molecule has 0 aromatic heterocycles. The summed E-state index contributed by atoms with van der Waals surface area (Å²) in [5.41, 5.74) is 2.48. The largest absolute Gasteiger partial charge is 0.489 e. The molecule has 0 N–H and O–H groups in total. The molecular formula is C10H9BrO. The van der Waals surface area contributed by atoms with Crippen molar-refractivity contribution in [2.45, 2.75) is 6.92 Å². The molecule has 1 aliphatic heterocycles. The van der Waals surface area contributed by atoms with Crippen molar-refractivity contribution >= 4 is 21.5 Å². The van der Waals surface area contributed by atoms with Crippen molar-refractivity contribution in [3.05, 3.63) is 34.3 Å². The molecule has 0 unspecified atom stereocenters. The second kappa shape index (κ2) is 2.94. The third kappa shape index (κ3) is 1.27. The summed E-state index contributed by atoms with van der Waals surface area (Å²) < 4.78 is 6.55. The molecule has 1 aromatic carbocycles. The van der Waals surface area contributed by atoms with Crippen LogP contribution in [0.2, 0.25) is 0 Å². The SMILES string of the molecule is CC1=CCOc2ccc(Br)cc21. The van der Waals surface area contributed by atoms with Gasteiger partial charge in [0.1, 0.15) is 12.4 Å². The Kier molecular flexibility index (Phi) is 1.93. The van der Waals surface area contributed by atoms with Crippen LogP contribution in [0.1, 0.15) is 12.5 Å². The van der Waals surface area contributed by atoms with E-state index in [4.69, 9.17) is 4.74 Å². The number of allylic oxidation sites excluding steroid dienone is 1. The average Bonchev–Trinajstić information content (AvgIpc) is 2.07. The normalized spacial score (nSPS) is 14.7. The smallest absolute Gasteiger partial charge is 0.127 e. The monoisotopic (exact) mass is 224 g/mol. The van der Waals surface area contributed by atoms with Crippen molar-refractivity contribution in [1.82, 2.24) is 0 Å². The molecule has 0 saturated heterocycles. The van der Waals surface area contributed by atoms with Crippen molar-refractivity contribution in [3.63, 3.8) is 0 Å². The van der Waals surface area contributed by atoms with Gasteiger partial charge in [-0.3, -0.25) is 0 Å². The van der Waals surface area contributed by atoms with Crippen molar-refractivity contribution in [2.75, 3.05) is 6.61 Å². The van der Waals surface area contributed by atoms with Crippen molar-refractivity contribution in [3.8, 4) is 5.75 Å². The molecular weight excluding hydrogens is 216 g/mol. The fourth-order valence-electron chi connectivity index (χ4n) is 1.30. The summed E-state index contributed by atoms with van der Waals surface area (Å²) >= 11 is 3.44. The molecule has 1 aliphatic rings. The van der Waals surface area contributed by atoms with Gasteiger partial charge in [-0.2, -0.15) is 0 Å². The predicted molar refractivity (Wildman–Crippen MR) is 53.3 cm³/mol. The molecule has 1 nitrogen and oxygen atoms in total. The molecule has 62 valence electrons. The first-order valence-electron chi connectivity index (χ1n) is 3.87. The first-order valence-corrected chi connectivity index (χ1v) is 4.66. The average molecular weight is 225 g/mol. The van der Waals surface area contributed by atoms with Crippen LogP contribution < -0.4 is 4.74 Å². The zero-order valence-electron chi connectivity index (χ0n) is 6.80. The van der Waals surface area contributed by atoms with Gasteiger partial charge in [0.2, 0.25) is 0 Å². The Morgan fingerprint density at radius 3 is 3.08 bits per heavy atom. The molecule has 12 heavy (non-hydrogen) atoms. The van der Waals surface area contributed by atoms with Gasteiger partial charge in [0.15, 0.2) is 0 Å². The standard InChI is InChI=1S/C10H9BrO/c1-7-4-5-12-10-3-2-8(11)6-9(7)10/h2-4,6H,5H2,1H3. The Morgan fingerprint density at radius 2 is 2.25 bits per heavy atom. The van der Waals surface area contributed by atoms with Gasteiger partial charge in [-0.15, -0.1) is 0 Å². The van der Waals surface area contributed by atoms with Crippen LogP contribution in [-0.4, -0.2) is 6.61 Å². The van der Waals surface area contributed by atoms with E-state index < -0.39 is 0 Å². The van der Waals surface area contributed by atoms with E-state index in [1.165, 1.54) is 11.1 Å². The quantitative estimate of drug-likeness (QED) is 0.658. The van der Waals surface area contributed by atoms with Gasteiger partial charge in [-0.1, -0.05) is 15.9 Å². The second-order valence-electron chi connectivity index (χ2n) is 2.84. The van der Waals surface area contributed by atoms with Gasteiger partial charge in [-0.25, -0.2) is 0 Å². The minimum atomic E-state index is 0.695. The first-order chi connectivity index (χ1) is 5.77. The third-order valence-corrected chi connectivity index (χ3v) is 2.49. The summed E-state index contributed by atoms with van der Waals surface area (Å²) in [5.74, 6) is 0.984. The second-order valence-corrected chi connectivity index (χ2v) is 3.75. The molecule has 0 spiro atoms. The lowest BCUT2D eigenvalue weighted by atomic mass is 10.0. The lowest BCUT2D eigenvalue weighted by Crippen LogP contribution is -2.02. The van der Waals surface area contributed by atoms with Crippen molar-refractivity contribution in [2.24, 2.45) is 0 Å². The Hall–Kier alpha value is -0.760. The van der Waals surface area contributed by atoms with E-state index in [-0.39, 0.29) is 0 Å². The van der Waals surface area contributed by atoms with Crippen LogP contribution in [0.25, 0.3) is 5.57 Å². The minimum Gasteiger partial charge on any atom is -0.489 e. The fraction of sp³-hybridized carbons (Fsp3) is 0.200. The molecule has 1 heterocycles. The van der Waals surface area contributed by atoms with Gasteiger partial charge < -0.3 is 4.74 Å². The topological polar surface area (TPSA) is 9.23 Å². The molecule has 0 saturated carbocycles. The summed E-state index contributed by atoms with van der Waals surface area (Å²) in [6.45, 7) is 2.80. The number of rotatable bonds is 0. The van der Waals surface area contributed by atoms with Crippen LogP contribution in [0, 0.1) is 0 Å². The van der Waals surface area contributed by atoms with Crippen LogP contribution in [0.15, 0.2) is 28.7 Å². The summed E-state index contributed by atoms with van der Waals surface area (Å²) in [6.07, 6.45) is 2.09. The van der Waals surface area contributed by atoms with Crippen LogP contribution in [0.5, 0.6) is 5.75 Å². The van der Waals surface area contributed by atoms with Crippen molar-refractivity contribution < 1.29 is 4.74 Å². The molecule has 0 atom stereocenters. The summed E-state index contributed by atoms with van der Waals surface area (Å²) in [6, 6.07) is 6.08. The molecule has 0 bridgehead atoms. The van der Waals surface area contributed by atoms with E-state index >= 15 is 0 Å². The molecule has 2 rings (SSSR count). The van der Waals surface area contributed by atoms with Crippen LogP contribution in [-0.2, 0) is 0 Å². The molecule has 1 aromatic rings. The number of benzene rings is 1. The number of halogens is 1. The maximum atomic E-state index is 5.45. The summed E-state index contributed by atoms with van der Waals surface area (Å²) in [7, 11) is 0. The fourth-order valence-corrected chi connectivity index (χ4v) is 1.66. The molecule has 2 heteroatoms. The summed E-state index contributed by atoms with van der Waals surface area (Å²) in [4.78, 5) is 0. The zero-order chi connectivity index (χ0) is 8.55. The van der Waals surface area contributed by atoms with E-state index in [0.717, 1.165) is 10.2 Å². The van der Waals surface area contributed by atoms with Gasteiger partial charge in [-0.05, 0) is 36.8 Å². The summed E-state index contributed by atoms with van der Waals surface area (Å²) in [5, 5.41) is 0. The third-order valence-electron chi connectivity index (χ3n) is 1.99. The number of hydrogen-bond donors (Lipinski definition) is 0. The number of hydrogen-bond acceptors (Lipinski definition) is 1. The van der Waals surface area contributed by atoms with Crippen LogP contribution in [0.3, 0.4) is 0 Å². The van der Waals surface area contributed by atoms with Crippen molar-refractivity contribution in [1.29, 1.82) is 0 Å². The lowest BCUT2D eigenvalue weighted by Gasteiger charge is -2.16. The highest BCUT2D eigenvalue weighted by atomic mass is 79.9. The van der Waals surface area contributed by atoms with E-state index in [0.29, 0.717) is 6.61 Å². The Bertz CT molecular complexity index is 342. The Morgan fingerprint density at radius 1 is 1.42 bits per heavy atom. The highest BCUT2D eigenvalue weighted by Crippen LogP contribution is 2.31. The zero-order valence-corrected chi connectivity index (χ0v) is 8.39. The minimum absolute atomic E-state index is 0.695. The van der Waals surface area contributed by atoms with E-state index in [1.54, 1.807) is 0 Å². The Balaban J connectivity index is 2.58. The highest BCUT2D eigenvalue weighted by molar-refractivity contribution is 9.10. The van der Waals surface area contributed by atoms with E-state index in [9.17, 15) is 0 Å². The maximum absolute atomic E-state index is 5.45. The highest BCUT2D eigenvalue weighted by Gasteiger charge is 2.09. The Labute approximate surface area is 80.2 Å². The number of ether oxygens (including phenoxy) is 1. The van der Waals surface area contributed by atoms with Gasteiger partial charge in [0, 0.05) is 10.0 Å². The van der Waals surface area contributed by atoms with E-state index in [2.05, 4.69) is 35.0 Å². The predicted octanol–water partition coefficient (Wildman–Crippen LogP) is 3.24. The van der Waals surface area contributed by atoms with Gasteiger partial charge in [0.25, 0.3) is 0 Å². The lowest BCUT2D eigenvalue weighted by molar-refractivity contribution is 0.357. The first kappa shape index (κ1) is 7.87. The van der Waals surface area contributed by atoms with Crippen LogP contribution >= 0.6 is 15.9 Å². The molecule has 0 aliphatic carbocycles. The van der Waals surface area contributed by atoms with Gasteiger partial charge >= 0.3 is 0 Å². The molecule has 0 amide bonds. The number of fused-ring (bicyclic) bond motifs is 1. The van der Waals surface area contributed by atoms with E-state index in [1.807, 2.05) is 12.1 Å². The van der Waals surface area contributed by atoms with Crippen LogP contribution in [0.4, 0.5) is 0 Å². The maximum Gasteiger partial charge on any atom is 0.127 e. The molecule has 0 radical (unpaired) electrons. The van der Waals surface area contributed by atoms with Gasteiger partial charge in [0.05, 0.1) is 0 Å².